The summed E-state index contributed by atoms with van der Waals surface area (Å²) < 4.78 is 0. The number of nitriles is 1. The van der Waals surface area contributed by atoms with Gasteiger partial charge in [0.2, 0.25) is 0 Å². The van der Waals surface area contributed by atoms with E-state index in [2.05, 4.69) is 29.8 Å². The fourth-order valence-electron chi connectivity index (χ4n) is 2.59. The smallest absolute Gasteiger partial charge is 0.101 e. The van der Waals surface area contributed by atoms with E-state index >= 15 is 0 Å². The summed E-state index contributed by atoms with van der Waals surface area (Å²) in [5.41, 5.74) is 1.72. The Kier molecular flexibility index (Phi) is 3.09. The number of rotatable bonds is 1. The number of anilines is 1. The lowest BCUT2D eigenvalue weighted by molar-refractivity contribution is 0.356. The van der Waals surface area contributed by atoms with Crippen molar-refractivity contribution < 1.29 is 0 Å². The molecule has 16 heavy (non-hydrogen) atoms. The minimum atomic E-state index is 0.690. The second-order valence-corrected chi connectivity index (χ2v) is 4.86. The van der Waals surface area contributed by atoms with E-state index in [0.29, 0.717) is 11.8 Å². The molecule has 0 saturated carbocycles. The lowest BCUT2D eigenvalue weighted by Crippen LogP contribution is -2.39. The van der Waals surface area contributed by atoms with Crippen molar-refractivity contribution in [2.45, 2.75) is 20.3 Å². The molecule has 1 fully saturated rings. The van der Waals surface area contributed by atoms with Gasteiger partial charge in [0, 0.05) is 19.3 Å². The number of hydrogen-bond acceptors (Lipinski definition) is 3. The number of nitrogens with zero attached hydrogens (tertiary/aromatic N) is 3. The van der Waals surface area contributed by atoms with E-state index in [1.807, 2.05) is 6.20 Å². The fraction of sp³-hybridized carbons (Fsp3) is 0.538. The lowest BCUT2D eigenvalue weighted by atomic mass is 9.91. The van der Waals surface area contributed by atoms with Gasteiger partial charge in [-0.15, -0.1) is 0 Å². The van der Waals surface area contributed by atoms with Crippen molar-refractivity contribution in [1.29, 1.82) is 5.26 Å². The topological polar surface area (TPSA) is 39.9 Å². The number of aromatic nitrogens is 1. The van der Waals surface area contributed by atoms with Crippen LogP contribution in [0.2, 0.25) is 0 Å². The Hall–Kier alpha value is -1.56. The second-order valence-electron chi connectivity index (χ2n) is 4.86. The standard InChI is InChI=1S/C13H17N3/c1-10-5-11(2)9-16(8-10)13-7-15-4-3-12(13)6-14/h3-4,7,10-11H,5,8-9H2,1-2H3. The molecular weight excluding hydrogens is 198 g/mol. The molecule has 3 nitrogen and oxygen atoms in total. The molecule has 1 aromatic heterocycles. The van der Waals surface area contributed by atoms with Crippen LogP contribution in [0.5, 0.6) is 0 Å². The third kappa shape index (κ3) is 2.16. The molecule has 1 saturated heterocycles. The molecule has 2 unspecified atom stereocenters. The lowest BCUT2D eigenvalue weighted by Gasteiger charge is -2.36. The van der Waals surface area contributed by atoms with Gasteiger partial charge in [-0.2, -0.15) is 5.26 Å². The zero-order chi connectivity index (χ0) is 11.5. The number of piperidine rings is 1. The Morgan fingerprint density at radius 2 is 2.06 bits per heavy atom. The molecule has 0 aromatic carbocycles. The molecule has 0 aliphatic carbocycles. The maximum Gasteiger partial charge on any atom is 0.101 e. The minimum absolute atomic E-state index is 0.690. The fourth-order valence-corrected chi connectivity index (χ4v) is 2.59. The van der Waals surface area contributed by atoms with E-state index in [0.717, 1.165) is 24.3 Å². The van der Waals surface area contributed by atoms with Crippen LogP contribution in [0, 0.1) is 23.2 Å². The molecule has 0 bridgehead atoms. The van der Waals surface area contributed by atoms with E-state index in [9.17, 15) is 0 Å². The quantitative estimate of drug-likeness (QED) is 0.722. The normalized spacial score (nSPS) is 25.2. The van der Waals surface area contributed by atoms with Crippen molar-refractivity contribution in [2.24, 2.45) is 11.8 Å². The summed E-state index contributed by atoms with van der Waals surface area (Å²) in [4.78, 5) is 6.42. The highest BCUT2D eigenvalue weighted by atomic mass is 15.1. The van der Waals surface area contributed by atoms with Crippen molar-refractivity contribution in [3.8, 4) is 6.07 Å². The van der Waals surface area contributed by atoms with Crippen LogP contribution >= 0.6 is 0 Å². The van der Waals surface area contributed by atoms with Gasteiger partial charge in [-0.3, -0.25) is 4.98 Å². The molecule has 0 radical (unpaired) electrons. The first-order valence-electron chi connectivity index (χ1n) is 5.79. The van der Waals surface area contributed by atoms with Gasteiger partial charge < -0.3 is 4.90 Å². The summed E-state index contributed by atoms with van der Waals surface area (Å²) in [7, 11) is 0. The molecular formula is C13H17N3. The monoisotopic (exact) mass is 215 g/mol. The van der Waals surface area contributed by atoms with Gasteiger partial charge in [-0.1, -0.05) is 13.8 Å². The molecule has 84 valence electrons. The minimum Gasteiger partial charge on any atom is -0.369 e. The summed E-state index contributed by atoms with van der Waals surface area (Å²) in [6.45, 7) is 6.60. The van der Waals surface area contributed by atoms with Crippen molar-refractivity contribution >= 4 is 5.69 Å². The molecule has 3 heteroatoms. The second kappa shape index (κ2) is 4.52. The van der Waals surface area contributed by atoms with Gasteiger partial charge in [-0.25, -0.2) is 0 Å². The van der Waals surface area contributed by atoms with Gasteiger partial charge in [-0.05, 0) is 24.3 Å². The largest absolute Gasteiger partial charge is 0.369 e. The Morgan fingerprint density at radius 1 is 1.38 bits per heavy atom. The zero-order valence-electron chi connectivity index (χ0n) is 9.85. The highest BCUT2D eigenvalue weighted by Gasteiger charge is 2.23. The first-order valence-corrected chi connectivity index (χ1v) is 5.79. The van der Waals surface area contributed by atoms with E-state index in [-0.39, 0.29) is 0 Å². The van der Waals surface area contributed by atoms with Crippen LogP contribution in [-0.2, 0) is 0 Å². The van der Waals surface area contributed by atoms with Gasteiger partial charge >= 0.3 is 0 Å². The average Bonchev–Trinajstić information content (AvgIpc) is 2.27. The Morgan fingerprint density at radius 3 is 2.69 bits per heavy atom. The van der Waals surface area contributed by atoms with Gasteiger partial charge in [0.05, 0.1) is 17.4 Å². The summed E-state index contributed by atoms with van der Waals surface area (Å²) in [5, 5.41) is 9.08. The van der Waals surface area contributed by atoms with Crippen molar-refractivity contribution in [3.05, 3.63) is 24.0 Å². The molecule has 2 atom stereocenters. The highest BCUT2D eigenvalue weighted by Crippen LogP contribution is 2.27. The van der Waals surface area contributed by atoms with Crippen molar-refractivity contribution in [1.82, 2.24) is 4.98 Å². The molecule has 1 aromatic rings. The average molecular weight is 215 g/mol. The maximum absolute atomic E-state index is 9.08. The number of hydrogen-bond donors (Lipinski definition) is 0. The molecule has 0 N–H and O–H groups in total. The van der Waals surface area contributed by atoms with Crippen molar-refractivity contribution in [3.63, 3.8) is 0 Å². The maximum atomic E-state index is 9.08. The molecule has 1 aliphatic heterocycles. The predicted octanol–water partition coefficient (Wildman–Crippen LogP) is 2.44. The van der Waals surface area contributed by atoms with Gasteiger partial charge in [0.25, 0.3) is 0 Å². The van der Waals surface area contributed by atoms with Gasteiger partial charge in [0.15, 0.2) is 0 Å². The third-order valence-electron chi connectivity index (χ3n) is 3.13. The Labute approximate surface area is 96.7 Å². The molecule has 1 aliphatic rings. The molecule has 2 heterocycles. The SMILES string of the molecule is CC1CC(C)CN(c2cnccc2C#N)C1. The first kappa shape index (κ1) is 10.9. The van der Waals surface area contributed by atoms with E-state index < -0.39 is 0 Å². The summed E-state index contributed by atoms with van der Waals surface area (Å²) >= 11 is 0. The Bertz CT molecular complexity index is 398. The van der Waals surface area contributed by atoms with E-state index in [1.165, 1.54) is 6.42 Å². The van der Waals surface area contributed by atoms with Crippen molar-refractivity contribution in [2.75, 3.05) is 18.0 Å². The predicted molar refractivity (Wildman–Crippen MR) is 64.1 cm³/mol. The number of pyridine rings is 1. The van der Waals surface area contributed by atoms with Crippen LogP contribution in [0.3, 0.4) is 0 Å². The molecule has 0 spiro atoms. The third-order valence-corrected chi connectivity index (χ3v) is 3.13. The van der Waals surface area contributed by atoms with Crippen LogP contribution in [0.15, 0.2) is 18.5 Å². The van der Waals surface area contributed by atoms with Crippen LogP contribution < -0.4 is 4.90 Å². The summed E-state index contributed by atoms with van der Waals surface area (Å²) in [6, 6.07) is 4.03. The highest BCUT2D eigenvalue weighted by molar-refractivity contribution is 5.57. The summed E-state index contributed by atoms with van der Waals surface area (Å²) in [6.07, 6.45) is 4.76. The van der Waals surface area contributed by atoms with E-state index in [4.69, 9.17) is 5.26 Å². The van der Waals surface area contributed by atoms with Crippen LogP contribution in [-0.4, -0.2) is 18.1 Å². The first-order chi connectivity index (χ1) is 7.70. The van der Waals surface area contributed by atoms with E-state index in [1.54, 1.807) is 12.3 Å². The zero-order valence-corrected chi connectivity index (χ0v) is 9.85. The van der Waals surface area contributed by atoms with Gasteiger partial charge in [0.1, 0.15) is 6.07 Å². The van der Waals surface area contributed by atoms with Crippen LogP contribution in [0.25, 0.3) is 0 Å². The molecule has 2 rings (SSSR count). The van der Waals surface area contributed by atoms with Crippen LogP contribution in [0.4, 0.5) is 5.69 Å². The van der Waals surface area contributed by atoms with Crippen LogP contribution in [0.1, 0.15) is 25.8 Å². The molecule has 0 amide bonds. The Balaban J connectivity index is 2.26. The summed E-state index contributed by atoms with van der Waals surface area (Å²) in [5.74, 6) is 1.38.